The first-order chi connectivity index (χ1) is 17.8. The summed E-state index contributed by atoms with van der Waals surface area (Å²) in [4.78, 5) is 19.5. The Bertz CT molecular complexity index is 1150. The standard InChI is InChI=1S/C29H37ClN4O2S/c1-29(2,3)24-11-9-21(10-12-24)27-32-26(36-33-27)19-34-16-13-22(14-17-34)28(35)31-15-6-18-37-20-23-7-4-5-8-25(23)30/h4-5,7-12,22H,6,13-20H2,1-3H3,(H,31,35). The van der Waals surface area contributed by atoms with Crippen LogP contribution < -0.4 is 5.32 Å². The Morgan fingerprint density at radius 2 is 1.86 bits per heavy atom. The largest absolute Gasteiger partial charge is 0.356 e. The number of rotatable bonds is 10. The minimum absolute atomic E-state index is 0.0756. The van der Waals surface area contributed by atoms with Gasteiger partial charge in [-0.3, -0.25) is 9.69 Å². The molecule has 2 aromatic carbocycles. The molecule has 0 aliphatic carbocycles. The summed E-state index contributed by atoms with van der Waals surface area (Å²) in [6.45, 7) is 9.64. The fraction of sp³-hybridized carbons (Fsp3) is 0.483. The van der Waals surface area contributed by atoms with Crippen LogP contribution in [0.2, 0.25) is 5.02 Å². The van der Waals surface area contributed by atoms with Gasteiger partial charge in [-0.25, -0.2) is 0 Å². The minimum Gasteiger partial charge on any atom is -0.356 e. The molecule has 0 saturated carbocycles. The van der Waals surface area contributed by atoms with Crippen molar-refractivity contribution < 1.29 is 9.32 Å². The molecule has 4 rings (SSSR count). The number of amides is 1. The van der Waals surface area contributed by atoms with Crippen molar-refractivity contribution in [1.29, 1.82) is 0 Å². The summed E-state index contributed by atoms with van der Waals surface area (Å²) in [6.07, 6.45) is 2.66. The van der Waals surface area contributed by atoms with E-state index in [1.165, 1.54) is 5.56 Å². The monoisotopic (exact) mass is 540 g/mol. The van der Waals surface area contributed by atoms with Gasteiger partial charge in [-0.15, -0.1) is 0 Å². The van der Waals surface area contributed by atoms with E-state index in [9.17, 15) is 4.79 Å². The number of halogens is 1. The molecular weight excluding hydrogens is 504 g/mol. The van der Waals surface area contributed by atoms with Crippen molar-refractivity contribution in [2.75, 3.05) is 25.4 Å². The summed E-state index contributed by atoms with van der Waals surface area (Å²) in [5, 5.41) is 8.12. The number of nitrogens with zero attached hydrogens (tertiary/aromatic N) is 3. The smallest absolute Gasteiger partial charge is 0.241 e. The third-order valence-electron chi connectivity index (χ3n) is 6.77. The predicted octanol–water partition coefficient (Wildman–Crippen LogP) is 6.34. The molecule has 1 N–H and O–H groups in total. The quantitative estimate of drug-likeness (QED) is 0.302. The Balaban J connectivity index is 1.13. The van der Waals surface area contributed by atoms with E-state index in [0.29, 0.717) is 18.3 Å². The first-order valence-corrected chi connectivity index (χ1v) is 14.6. The maximum Gasteiger partial charge on any atom is 0.241 e. The minimum atomic E-state index is 0.0756. The summed E-state index contributed by atoms with van der Waals surface area (Å²) < 4.78 is 5.52. The number of carbonyl (C=O) groups excluding carboxylic acids is 1. The second-order valence-corrected chi connectivity index (χ2v) is 12.2. The van der Waals surface area contributed by atoms with Crippen LogP contribution in [0.25, 0.3) is 11.4 Å². The molecule has 1 amide bonds. The third kappa shape index (κ3) is 8.06. The van der Waals surface area contributed by atoms with Gasteiger partial charge < -0.3 is 9.84 Å². The van der Waals surface area contributed by atoms with Crippen molar-refractivity contribution >= 4 is 29.3 Å². The van der Waals surface area contributed by atoms with Gasteiger partial charge >= 0.3 is 0 Å². The van der Waals surface area contributed by atoms with E-state index in [1.54, 1.807) is 0 Å². The van der Waals surface area contributed by atoms with Crippen LogP contribution in [-0.2, 0) is 22.5 Å². The van der Waals surface area contributed by atoms with E-state index >= 15 is 0 Å². The summed E-state index contributed by atoms with van der Waals surface area (Å²) in [5.74, 6) is 3.39. The van der Waals surface area contributed by atoms with Gasteiger partial charge in [0.05, 0.1) is 6.54 Å². The molecule has 0 bridgehead atoms. The van der Waals surface area contributed by atoms with Gasteiger partial charge in [0.1, 0.15) is 0 Å². The van der Waals surface area contributed by atoms with Crippen LogP contribution in [0.3, 0.4) is 0 Å². The average molecular weight is 541 g/mol. The van der Waals surface area contributed by atoms with Crippen molar-refractivity contribution in [3.8, 4) is 11.4 Å². The molecule has 8 heteroatoms. The summed E-state index contributed by atoms with van der Waals surface area (Å²) >= 11 is 8.05. The molecule has 1 aliphatic heterocycles. The van der Waals surface area contributed by atoms with Crippen molar-refractivity contribution in [2.45, 2.75) is 57.7 Å². The van der Waals surface area contributed by atoms with Crippen LogP contribution in [0.5, 0.6) is 0 Å². The van der Waals surface area contributed by atoms with Crippen molar-refractivity contribution in [2.24, 2.45) is 5.92 Å². The number of hydrogen-bond acceptors (Lipinski definition) is 6. The van der Waals surface area contributed by atoms with Crippen molar-refractivity contribution in [3.63, 3.8) is 0 Å². The lowest BCUT2D eigenvalue weighted by Gasteiger charge is -2.30. The maximum absolute atomic E-state index is 12.6. The molecule has 0 atom stereocenters. The van der Waals surface area contributed by atoms with Gasteiger partial charge in [0.2, 0.25) is 17.6 Å². The van der Waals surface area contributed by atoms with Crippen LogP contribution in [0, 0.1) is 5.92 Å². The Morgan fingerprint density at radius 3 is 2.57 bits per heavy atom. The Labute approximate surface area is 229 Å². The lowest BCUT2D eigenvalue weighted by molar-refractivity contribution is -0.126. The SMILES string of the molecule is CC(C)(C)c1ccc(-c2noc(CN3CCC(C(=O)NCCCSCc4ccccc4Cl)CC3)n2)cc1. The van der Waals surface area contributed by atoms with E-state index in [2.05, 4.69) is 71.5 Å². The zero-order valence-electron chi connectivity index (χ0n) is 22.0. The van der Waals surface area contributed by atoms with Crippen molar-refractivity contribution in [3.05, 3.63) is 70.6 Å². The average Bonchev–Trinajstić information content (AvgIpc) is 3.35. The molecule has 3 aromatic rings. The lowest BCUT2D eigenvalue weighted by Crippen LogP contribution is -2.40. The Kier molecular flexibility index (Phi) is 9.68. The predicted molar refractivity (Wildman–Crippen MR) is 152 cm³/mol. The molecule has 1 fully saturated rings. The van der Waals surface area contributed by atoms with E-state index in [-0.39, 0.29) is 17.2 Å². The highest BCUT2D eigenvalue weighted by molar-refractivity contribution is 7.98. The normalized spacial score (nSPS) is 15.1. The van der Waals surface area contributed by atoms with Crippen molar-refractivity contribution in [1.82, 2.24) is 20.4 Å². The van der Waals surface area contributed by atoms with Gasteiger partial charge in [-0.2, -0.15) is 16.7 Å². The maximum atomic E-state index is 12.6. The topological polar surface area (TPSA) is 71.3 Å². The Morgan fingerprint density at radius 1 is 1.14 bits per heavy atom. The van der Waals surface area contributed by atoms with E-state index in [0.717, 1.165) is 66.6 Å². The molecule has 1 aromatic heterocycles. The highest BCUT2D eigenvalue weighted by atomic mass is 35.5. The number of nitrogens with one attached hydrogen (secondary N) is 1. The Hall–Kier alpha value is -2.35. The van der Waals surface area contributed by atoms with Crippen LogP contribution >= 0.6 is 23.4 Å². The fourth-order valence-corrected chi connectivity index (χ4v) is 5.67. The molecule has 2 heterocycles. The number of thioether (sulfide) groups is 1. The van der Waals surface area contributed by atoms with E-state index in [1.807, 2.05) is 30.0 Å². The molecule has 6 nitrogen and oxygen atoms in total. The third-order valence-corrected chi connectivity index (χ3v) is 8.24. The van der Waals surface area contributed by atoms with Crippen LogP contribution in [0.4, 0.5) is 0 Å². The number of likely N-dealkylation sites (tertiary alicyclic amines) is 1. The van der Waals surface area contributed by atoms with Gasteiger partial charge in [0, 0.05) is 28.8 Å². The molecule has 198 valence electrons. The van der Waals surface area contributed by atoms with Crippen LogP contribution in [0.1, 0.15) is 57.1 Å². The van der Waals surface area contributed by atoms with Gasteiger partial charge in [-0.1, -0.05) is 80.0 Å². The fourth-order valence-electron chi connectivity index (χ4n) is 4.43. The van der Waals surface area contributed by atoms with Crippen LogP contribution in [-0.4, -0.2) is 46.3 Å². The molecule has 37 heavy (non-hydrogen) atoms. The second-order valence-electron chi connectivity index (χ2n) is 10.7. The molecular formula is C29H37ClN4O2S. The van der Waals surface area contributed by atoms with Gasteiger partial charge in [0.25, 0.3) is 0 Å². The molecule has 1 saturated heterocycles. The molecule has 0 radical (unpaired) electrons. The highest BCUT2D eigenvalue weighted by Crippen LogP contribution is 2.26. The number of piperidine rings is 1. The van der Waals surface area contributed by atoms with E-state index < -0.39 is 0 Å². The number of aromatic nitrogens is 2. The first kappa shape index (κ1) is 27.7. The zero-order chi connectivity index (χ0) is 26.3. The lowest BCUT2D eigenvalue weighted by atomic mass is 9.87. The van der Waals surface area contributed by atoms with Gasteiger partial charge in [-0.05, 0) is 60.7 Å². The summed E-state index contributed by atoms with van der Waals surface area (Å²) in [5.41, 5.74) is 3.51. The molecule has 1 aliphatic rings. The zero-order valence-corrected chi connectivity index (χ0v) is 23.6. The molecule has 0 spiro atoms. The highest BCUT2D eigenvalue weighted by Gasteiger charge is 2.26. The summed E-state index contributed by atoms with van der Waals surface area (Å²) in [6, 6.07) is 16.3. The number of hydrogen-bond donors (Lipinski definition) is 1. The number of benzene rings is 2. The second kappa shape index (κ2) is 12.9. The van der Waals surface area contributed by atoms with E-state index in [4.69, 9.17) is 16.1 Å². The summed E-state index contributed by atoms with van der Waals surface area (Å²) in [7, 11) is 0. The van der Waals surface area contributed by atoms with Gasteiger partial charge in [0.15, 0.2) is 0 Å². The van der Waals surface area contributed by atoms with Crippen LogP contribution in [0.15, 0.2) is 53.1 Å². The molecule has 0 unspecified atom stereocenters. The number of carbonyl (C=O) groups is 1. The first-order valence-electron chi connectivity index (χ1n) is 13.0.